The molecule has 4 heterocycles. The molecule has 10 rings (SSSR count). The number of benzene rings is 6. The molecule has 3 aromatic heterocycles. The summed E-state index contributed by atoms with van der Waals surface area (Å²) >= 11 is 2.46. The van der Waals surface area contributed by atoms with Gasteiger partial charge < -0.3 is 4.74 Å². The number of aryl methyl sites for hydroxylation is 1. The second kappa shape index (κ2) is 16.7. The molecule has 0 saturated carbocycles. The van der Waals surface area contributed by atoms with Crippen LogP contribution in [0.4, 0.5) is 0 Å². The van der Waals surface area contributed by atoms with Crippen molar-refractivity contribution in [3.8, 4) is 45.3 Å². The van der Waals surface area contributed by atoms with Crippen molar-refractivity contribution < 1.29 is 28.8 Å². The van der Waals surface area contributed by atoms with Crippen LogP contribution in [0.3, 0.4) is 0 Å². The zero-order valence-corrected chi connectivity index (χ0v) is 39.8. The average Bonchev–Trinajstić information content (AvgIpc) is 3.76. The Morgan fingerprint density at radius 1 is 0.815 bits per heavy atom. The molecule has 1 aliphatic rings. The second-order valence-corrected chi connectivity index (χ2v) is 19.5. The van der Waals surface area contributed by atoms with Crippen molar-refractivity contribution in [1.82, 2.24) is 18.7 Å². The maximum atomic E-state index is 6.68. The summed E-state index contributed by atoms with van der Waals surface area (Å²) in [5.41, 5.74) is 13.2. The third-order valence-electron chi connectivity index (χ3n) is 12.5. The monoisotopic (exact) mass is 1030 g/mol. The molecule has 326 valence electrons. The average molecular weight is 1030 g/mol. The number of ether oxygens (including phenoxy) is 2. The van der Waals surface area contributed by atoms with E-state index in [-0.39, 0.29) is 10.8 Å². The molecule has 0 radical (unpaired) electrons. The summed E-state index contributed by atoms with van der Waals surface area (Å²) in [5.74, 6) is 2.76. The van der Waals surface area contributed by atoms with Crippen LogP contribution in [0, 0.1) is 22.9 Å². The van der Waals surface area contributed by atoms with Crippen LogP contribution < -0.4 is 9.47 Å². The fourth-order valence-corrected chi connectivity index (χ4v) is 9.96. The van der Waals surface area contributed by atoms with Gasteiger partial charge in [-0.25, -0.2) is 0 Å². The van der Waals surface area contributed by atoms with Gasteiger partial charge in [-0.1, -0.05) is 13.8 Å². The quantitative estimate of drug-likeness (QED) is 0.0822. The van der Waals surface area contributed by atoms with Gasteiger partial charge in [0.05, 0.1) is 6.61 Å². The number of rotatable bonds is 9. The molecular weight excluding hydrogens is 980 g/mol. The van der Waals surface area contributed by atoms with E-state index in [1.807, 2.05) is 30.6 Å². The van der Waals surface area contributed by atoms with Crippen molar-refractivity contribution in [2.75, 3.05) is 6.61 Å². The molecule has 0 bridgehead atoms. The molecule has 6 aromatic carbocycles. The summed E-state index contributed by atoms with van der Waals surface area (Å²) < 4.78 is 20.7. The van der Waals surface area contributed by atoms with Crippen LogP contribution in [-0.2, 0) is 30.2 Å². The molecule has 0 N–H and O–H groups in total. The minimum absolute atomic E-state index is 0.00940. The summed E-state index contributed by atoms with van der Waals surface area (Å²) in [7, 11) is 0. The van der Waals surface area contributed by atoms with E-state index in [0.29, 0.717) is 18.1 Å². The Hall–Kier alpha value is -6.75. The molecule has 1 aliphatic heterocycles. The third kappa shape index (κ3) is 7.74. The smallest absolute Gasteiger partial charge is 0.493 e. The van der Waals surface area contributed by atoms with E-state index >= 15 is 0 Å². The Morgan fingerprint density at radius 3 is 2.15 bits per heavy atom. The predicted molar refractivity (Wildman–Crippen MR) is 262 cm³/mol. The number of aromatic nitrogens is 4. The molecule has 9 aromatic rings. The van der Waals surface area contributed by atoms with Crippen LogP contribution in [0.2, 0.25) is 0 Å². The van der Waals surface area contributed by atoms with Crippen molar-refractivity contribution in [2.24, 2.45) is 0 Å². The van der Waals surface area contributed by atoms with E-state index in [2.05, 4.69) is 215 Å². The first-order valence-electron chi connectivity index (χ1n) is 22.1. The van der Waals surface area contributed by atoms with Gasteiger partial charge in [-0.15, -0.1) is 0 Å². The van der Waals surface area contributed by atoms with Gasteiger partial charge >= 0.3 is 321 Å². The molecule has 0 spiro atoms. The number of pyridine rings is 1. The van der Waals surface area contributed by atoms with Crippen LogP contribution in [-0.4, -0.2) is 25.3 Å². The minimum atomic E-state index is -0.0786. The molecule has 65 heavy (non-hydrogen) atoms. The standard InChI is InChI=1S/C58H50N4O2.Pt/c1-8-17-43(64-44-24-25-45-48-36-49-54(63-31-28-58(49,6)7)37-53(48)62(52(45)35-44)55-32-39(2)26-29-59-55)27-30-60-38-61(51-23-16-15-22-50(51)60)56-46(40-18-11-9-12-19-40)33-42(57(3,4)5)34-47(56)41-20-13-10-14-21-41;/h8-26,29-30,32-34,36-37H,1,28,31H2,2-7H3;/q-2;/b43-17+;. The van der Waals surface area contributed by atoms with Crippen LogP contribution in [0.5, 0.6) is 11.5 Å². The SMILES string of the molecule is C=C/C=C(\[C-]=Cn1[c](=[Pt])n(-c2c(-c3ccccc3)cc(C(C)(C)C)cc2-c2ccccc2)c2ccccc21)Oc1[c-]c2c(cc1)c1cc3c(cc1n2-c1cc(C)ccn1)OCCC3(C)C. The minimum Gasteiger partial charge on any atom is -0.493 e. The van der Waals surface area contributed by atoms with Gasteiger partial charge in [0.15, 0.2) is 0 Å². The molecule has 7 heteroatoms. The van der Waals surface area contributed by atoms with E-state index in [9.17, 15) is 0 Å². The Morgan fingerprint density at radius 2 is 1.49 bits per heavy atom. The molecule has 0 atom stereocenters. The van der Waals surface area contributed by atoms with E-state index in [4.69, 9.17) is 14.5 Å². The van der Waals surface area contributed by atoms with Crippen molar-refractivity contribution in [1.29, 1.82) is 0 Å². The molecule has 0 saturated heterocycles. The molecule has 6 nitrogen and oxygen atoms in total. The summed E-state index contributed by atoms with van der Waals surface area (Å²) in [4.78, 5) is 4.84. The van der Waals surface area contributed by atoms with E-state index in [1.165, 1.54) is 11.1 Å². The maximum absolute atomic E-state index is 6.68. The number of para-hydroxylation sites is 2. The number of hydrogen-bond donors (Lipinski definition) is 0. The van der Waals surface area contributed by atoms with Crippen molar-refractivity contribution in [2.45, 2.75) is 58.8 Å². The summed E-state index contributed by atoms with van der Waals surface area (Å²) in [6, 6.07) is 51.1. The van der Waals surface area contributed by atoms with Gasteiger partial charge in [0.1, 0.15) is 5.75 Å². The first-order chi connectivity index (χ1) is 31.4. The number of fused-ring (bicyclic) bond motifs is 5. The van der Waals surface area contributed by atoms with Crippen molar-refractivity contribution in [3.63, 3.8) is 0 Å². The molecule has 0 aliphatic carbocycles. The topological polar surface area (TPSA) is 46.1 Å². The van der Waals surface area contributed by atoms with Crippen LogP contribution in [0.25, 0.3) is 72.8 Å². The number of allylic oxidation sites excluding steroid dienone is 3. The Labute approximate surface area is 391 Å². The summed E-state index contributed by atoms with van der Waals surface area (Å²) in [6.07, 6.45) is 11.8. The number of hydrogen-bond acceptors (Lipinski definition) is 3. The number of imidazole rings is 1. The molecule has 0 unspecified atom stereocenters. The first-order valence-corrected chi connectivity index (χ1v) is 23.2. The molecular formula is C58H50N4O2Pt-2. The third-order valence-corrected chi connectivity index (χ3v) is 13.6. The van der Waals surface area contributed by atoms with Crippen molar-refractivity contribution in [3.05, 3.63) is 197 Å². The molecule has 0 amide bonds. The zero-order valence-electron chi connectivity index (χ0n) is 37.6. The van der Waals surface area contributed by atoms with Gasteiger partial charge in [0, 0.05) is 6.20 Å². The number of nitrogens with zero attached hydrogens (tertiary/aromatic N) is 4. The van der Waals surface area contributed by atoms with Gasteiger partial charge in [0.25, 0.3) is 0 Å². The Kier molecular flexibility index (Phi) is 10.8. The Bertz CT molecular complexity index is 3370. The fourth-order valence-electron chi connectivity index (χ4n) is 9.01. The van der Waals surface area contributed by atoms with E-state index in [0.717, 1.165) is 88.1 Å². The second-order valence-electron chi connectivity index (χ2n) is 18.4. The van der Waals surface area contributed by atoms with E-state index < -0.39 is 0 Å². The zero-order chi connectivity index (χ0) is 45.0. The van der Waals surface area contributed by atoms with Crippen LogP contribution in [0.1, 0.15) is 57.7 Å². The predicted octanol–water partition coefficient (Wildman–Crippen LogP) is 14.2. The van der Waals surface area contributed by atoms with Gasteiger partial charge in [-0.2, -0.15) is 0 Å². The van der Waals surface area contributed by atoms with Crippen LogP contribution >= 0.6 is 0 Å². The van der Waals surface area contributed by atoms with Gasteiger partial charge in [0.2, 0.25) is 0 Å². The van der Waals surface area contributed by atoms with Crippen LogP contribution in [0.15, 0.2) is 164 Å². The van der Waals surface area contributed by atoms with Gasteiger partial charge in [-0.05, 0) is 36.0 Å². The Balaban J connectivity index is 1.11. The molecule has 0 fully saturated rings. The van der Waals surface area contributed by atoms with Gasteiger partial charge in [-0.3, -0.25) is 0 Å². The van der Waals surface area contributed by atoms with E-state index in [1.54, 1.807) is 6.08 Å². The normalized spacial score (nSPS) is 14.0. The first kappa shape index (κ1) is 42.2. The summed E-state index contributed by atoms with van der Waals surface area (Å²) in [5, 5.41) is 2.19. The fraction of sp³-hybridized carbons (Fsp3) is 0.172. The van der Waals surface area contributed by atoms with Crippen molar-refractivity contribution >= 4 is 39.0 Å². The summed E-state index contributed by atoms with van der Waals surface area (Å²) in [6.45, 7) is 18.3.